The van der Waals surface area contributed by atoms with Gasteiger partial charge >= 0.3 is 0 Å². The molecule has 0 bridgehead atoms. The molecule has 3 aromatic rings. The highest BCUT2D eigenvalue weighted by atomic mass is 16.6. The van der Waals surface area contributed by atoms with Crippen LogP contribution in [0.5, 0.6) is 17.2 Å². The van der Waals surface area contributed by atoms with Crippen LogP contribution in [0, 0.1) is 0 Å². The first-order valence-corrected chi connectivity index (χ1v) is 10.3. The molecular weight excluding hydrogens is 390 g/mol. The first-order valence-electron chi connectivity index (χ1n) is 10.3. The van der Waals surface area contributed by atoms with Crippen molar-refractivity contribution >= 4 is 17.6 Å². The summed E-state index contributed by atoms with van der Waals surface area (Å²) in [5.41, 5.74) is 3.32. The average Bonchev–Trinajstić information content (AvgIpc) is 2.83. The van der Waals surface area contributed by atoms with Gasteiger partial charge in [0.15, 0.2) is 11.5 Å². The molecule has 1 atom stereocenters. The molecular formula is C26H25NO4. The van der Waals surface area contributed by atoms with Crippen LogP contribution in [-0.2, 0) is 4.79 Å². The van der Waals surface area contributed by atoms with Crippen LogP contribution < -0.4 is 19.5 Å². The van der Waals surface area contributed by atoms with Crippen LogP contribution in [0.3, 0.4) is 0 Å². The Hall–Kier alpha value is -3.73. The fourth-order valence-electron chi connectivity index (χ4n) is 3.45. The number of hydrogen-bond donors (Lipinski definition) is 1. The van der Waals surface area contributed by atoms with Crippen molar-refractivity contribution in [3.8, 4) is 17.2 Å². The third-order valence-corrected chi connectivity index (χ3v) is 5.17. The predicted octanol–water partition coefficient (Wildman–Crippen LogP) is 4.88. The van der Waals surface area contributed by atoms with E-state index >= 15 is 0 Å². The van der Waals surface area contributed by atoms with Gasteiger partial charge in [-0.25, -0.2) is 0 Å². The zero-order valence-electron chi connectivity index (χ0n) is 17.6. The van der Waals surface area contributed by atoms with E-state index in [1.807, 2.05) is 85.8 Å². The van der Waals surface area contributed by atoms with Gasteiger partial charge in [0.1, 0.15) is 19.0 Å². The van der Waals surface area contributed by atoms with Crippen LogP contribution in [0.15, 0.2) is 72.8 Å². The number of fused-ring (bicyclic) bond motifs is 1. The number of carbonyl (C=O) groups is 1. The Bertz CT molecular complexity index is 1070. The van der Waals surface area contributed by atoms with Crippen LogP contribution in [0.2, 0.25) is 0 Å². The van der Waals surface area contributed by atoms with Crippen molar-refractivity contribution in [2.75, 3.05) is 20.3 Å². The summed E-state index contributed by atoms with van der Waals surface area (Å²) in [6.07, 6.45) is 1.89. The first kappa shape index (κ1) is 20.5. The van der Waals surface area contributed by atoms with Crippen molar-refractivity contribution in [1.29, 1.82) is 0 Å². The maximum Gasteiger partial charge on any atom is 0.252 e. The Balaban J connectivity index is 1.59. The fraction of sp³-hybridized carbons (Fsp3) is 0.192. The van der Waals surface area contributed by atoms with E-state index in [-0.39, 0.29) is 11.9 Å². The normalized spacial score (nSPS) is 13.9. The largest absolute Gasteiger partial charge is 0.497 e. The van der Waals surface area contributed by atoms with E-state index in [9.17, 15) is 4.79 Å². The Labute approximate surface area is 182 Å². The summed E-state index contributed by atoms with van der Waals surface area (Å²) in [6.45, 7) is 3.04. The van der Waals surface area contributed by atoms with E-state index in [0.717, 1.165) is 28.2 Å². The number of hydrogen-bond acceptors (Lipinski definition) is 4. The molecule has 0 fully saturated rings. The van der Waals surface area contributed by atoms with Gasteiger partial charge in [0.05, 0.1) is 13.2 Å². The Morgan fingerprint density at radius 1 is 0.968 bits per heavy atom. The van der Waals surface area contributed by atoms with Gasteiger partial charge in [0, 0.05) is 5.57 Å². The number of methoxy groups -OCH3 is 1. The van der Waals surface area contributed by atoms with E-state index in [1.165, 1.54) is 0 Å². The summed E-state index contributed by atoms with van der Waals surface area (Å²) < 4.78 is 16.5. The van der Waals surface area contributed by atoms with Gasteiger partial charge in [-0.3, -0.25) is 4.79 Å². The maximum atomic E-state index is 13.3. The second-order valence-electron chi connectivity index (χ2n) is 7.30. The van der Waals surface area contributed by atoms with Gasteiger partial charge in [-0.1, -0.05) is 48.5 Å². The minimum atomic E-state index is -0.202. The fourth-order valence-corrected chi connectivity index (χ4v) is 3.45. The molecule has 5 nitrogen and oxygen atoms in total. The number of nitrogens with one attached hydrogen (secondary N) is 1. The highest BCUT2D eigenvalue weighted by Crippen LogP contribution is 2.33. The molecule has 1 aliphatic heterocycles. The van der Waals surface area contributed by atoms with E-state index in [4.69, 9.17) is 14.2 Å². The zero-order valence-corrected chi connectivity index (χ0v) is 17.6. The second kappa shape index (κ2) is 9.39. The summed E-state index contributed by atoms with van der Waals surface area (Å²) in [6, 6.07) is 22.8. The van der Waals surface area contributed by atoms with Crippen molar-refractivity contribution in [2.24, 2.45) is 0 Å². The van der Waals surface area contributed by atoms with Crippen LogP contribution in [0.4, 0.5) is 0 Å². The molecule has 0 saturated heterocycles. The lowest BCUT2D eigenvalue weighted by molar-refractivity contribution is -0.116. The Morgan fingerprint density at radius 3 is 2.39 bits per heavy atom. The van der Waals surface area contributed by atoms with Crippen molar-refractivity contribution < 1.29 is 19.0 Å². The summed E-state index contributed by atoms with van der Waals surface area (Å²) in [5, 5.41) is 3.12. The number of amides is 1. The molecule has 0 aromatic heterocycles. The predicted molar refractivity (Wildman–Crippen MR) is 121 cm³/mol. The van der Waals surface area contributed by atoms with Crippen molar-refractivity contribution in [2.45, 2.75) is 13.0 Å². The van der Waals surface area contributed by atoms with Crippen LogP contribution in [0.1, 0.15) is 29.7 Å². The minimum Gasteiger partial charge on any atom is -0.497 e. The topological polar surface area (TPSA) is 56.8 Å². The van der Waals surface area contributed by atoms with Gasteiger partial charge in [-0.15, -0.1) is 0 Å². The van der Waals surface area contributed by atoms with Gasteiger partial charge in [-0.2, -0.15) is 0 Å². The van der Waals surface area contributed by atoms with Crippen molar-refractivity contribution in [3.05, 3.63) is 89.5 Å². The van der Waals surface area contributed by atoms with E-state index in [1.54, 1.807) is 7.11 Å². The maximum absolute atomic E-state index is 13.3. The lowest BCUT2D eigenvalue weighted by atomic mass is 10.0. The SMILES string of the molecule is COc1ccc(/C=C(/C(=O)NC(C)c2ccc3c(c2)OCCO3)c2ccccc2)cc1. The molecule has 158 valence electrons. The van der Waals surface area contributed by atoms with E-state index in [0.29, 0.717) is 24.5 Å². The molecule has 0 aliphatic carbocycles. The zero-order chi connectivity index (χ0) is 21.6. The summed E-state index contributed by atoms with van der Waals surface area (Å²) in [4.78, 5) is 13.3. The first-order chi connectivity index (χ1) is 15.1. The highest BCUT2D eigenvalue weighted by molar-refractivity contribution is 6.24. The van der Waals surface area contributed by atoms with Crippen molar-refractivity contribution in [1.82, 2.24) is 5.32 Å². The molecule has 1 N–H and O–H groups in total. The number of ether oxygens (including phenoxy) is 3. The van der Waals surface area contributed by atoms with Crippen LogP contribution in [-0.4, -0.2) is 26.2 Å². The summed E-state index contributed by atoms with van der Waals surface area (Å²) >= 11 is 0. The molecule has 0 saturated carbocycles. The number of benzene rings is 3. The van der Waals surface area contributed by atoms with E-state index < -0.39 is 0 Å². The minimum absolute atomic E-state index is 0.149. The molecule has 1 unspecified atom stereocenters. The van der Waals surface area contributed by atoms with Crippen LogP contribution >= 0.6 is 0 Å². The Kier molecular flexibility index (Phi) is 6.22. The molecule has 0 spiro atoms. The Morgan fingerprint density at radius 2 is 1.68 bits per heavy atom. The second-order valence-corrected chi connectivity index (χ2v) is 7.30. The molecule has 4 rings (SSSR count). The molecule has 1 amide bonds. The molecule has 1 heterocycles. The number of rotatable bonds is 6. The van der Waals surface area contributed by atoms with Gasteiger partial charge in [0.25, 0.3) is 5.91 Å². The highest BCUT2D eigenvalue weighted by Gasteiger charge is 2.18. The van der Waals surface area contributed by atoms with Gasteiger partial charge < -0.3 is 19.5 Å². The molecule has 5 heteroatoms. The third-order valence-electron chi connectivity index (χ3n) is 5.17. The lowest BCUT2D eigenvalue weighted by Crippen LogP contribution is -2.27. The van der Waals surface area contributed by atoms with Crippen LogP contribution in [0.25, 0.3) is 11.6 Å². The summed E-state index contributed by atoms with van der Waals surface area (Å²) in [5.74, 6) is 2.07. The monoisotopic (exact) mass is 415 g/mol. The standard InChI is InChI=1S/C26H25NO4/c1-18(21-10-13-24-25(17-21)31-15-14-30-24)27-26(28)23(20-6-4-3-5-7-20)16-19-8-11-22(29-2)12-9-19/h3-13,16-18H,14-15H2,1-2H3,(H,27,28)/b23-16+. The number of carbonyl (C=O) groups excluding carboxylic acids is 1. The quantitative estimate of drug-likeness (QED) is 0.460. The summed E-state index contributed by atoms with van der Waals surface area (Å²) in [7, 11) is 1.63. The smallest absolute Gasteiger partial charge is 0.252 e. The van der Waals surface area contributed by atoms with Gasteiger partial charge in [0.2, 0.25) is 0 Å². The third kappa shape index (κ3) is 4.89. The molecule has 1 aliphatic rings. The van der Waals surface area contributed by atoms with Crippen molar-refractivity contribution in [3.63, 3.8) is 0 Å². The molecule has 3 aromatic carbocycles. The van der Waals surface area contributed by atoms with Gasteiger partial charge in [-0.05, 0) is 54.0 Å². The molecule has 0 radical (unpaired) electrons. The average molecular weight is 415 g/mol. The molecule has 31 heavy (non-hydrogen) atoms. The van der Waals surface area contributed by atoms with E-state index in [2.05, 4.69) is 5.32 Å². The lowest BCUT2D eigenvalue weighted by Gasteiger charge is -2.21.